The van der Waals surface area contributed by atoms with E-state index in [1.54, 1.807) is 6.20 Å². The lowest BCUT2D eigenvalue weighted by Gasteiger charge is -2.18. The van der Waals surface area contributed by atoms with Crippen molar-refractivity contribution >= 4 is 0 Å². The molecule has 0 aliphatic carbocycles. The second kappa shape index (κ2) is 4.55. The highest BCUT2D eigenvalue weighted by Gasteiger charge is 2.22. The molecule has 1 aromatic rings. The van der Waals surface area contributed by atoms with Crippen LogP contribution in [0.1, 0.15) is 51.4 Å². The molecule has 1 aliphatic rings. The highest BCUT2D eigenvalue weighted by Crippen LogP contribution is 2.28. The summed E-state index contributed by atoms with van der Waals surface area (Å²) in [6.45, 7) is 7.86. The Morgan fingerprint density at radius 1 is 1.50 bits per heavy atom. The van der Waals surface area contributed by atoms with Gasteiger partial charge in [0.2, 0.25) is 5.89 Å². The van der Waals surface area contributed by atoms with Gasteiger partial charge in [0, 0.05) is 12.1 Å². The van der Waals surface area contributed by atoms with Gasteiger partial charge in [-0.3, -0.25) is 0 Å². The van der Waals surface area contributed by atoms with Gasteiger partial charge < -0.3 is 14.5 Å². The molecule has 0 radical (unpaired) electrons. The van der Waals surface area contributed by atoms with Crippen LogP contribution in [0, 0.1) is 0 Å². The highest BCUT2D eigenvalue weighted by molar-refractivity contribution is 5.00. The van der Waals surface area contributed by atoms with Gasteiger partial charge in [-0.15, -0.1) is 0 Å². The van der Waals surface area contributed by atoms with Crippen LogP contribution < -0.4 is 5.32 Å². The Balaban J connectivity index is 1.91. The van der Waals surface area contributed by atoms with Crippen LogP contribution >= 0.6 is 0 Å². The average Bonchev–Trinajstić information content (AvgIpc) is 2.84. The molecule has 1 atom stereocenters. The molecule has 1 fully saturated rings. The standard InChI is InChI=1S/C12H20N2O2/c1-12(2,3)14-8-11-13-7-10(16-11)9-5-4-6-15-9/h7,9,14H,4-6,8H2,1-3H3. The van der Waals surface area contributed by atoms with Crippen LogP contribution in [0.5, 0.6) is 0 Å². The summed E-state index contributed by atoms with van der Waals surface area (Å²) in [6, 6.07) is 0. The minimum Gasteiger partial charge on any atom is -0.442 e. The third kappa shape index (κ3) is 3.06. The van der Waals surface area contributed by atoms with E-state index < -0.39 is 0 Å². The summed E-state index contributed by atoms with van der Waals surface area (Å²) < 4.78 is 11.2. The zero-order valence-corrected chi connectivity index (χ0v) is 10.2. The smallest absolute Gasteiger partial charge is 0.208 e. The molecule has 16 heavy (non-hydrogen) atoms. The van der Waals surface area contributed by atoms with E-state index in [2.05, 4.69) is 31.1 Å². The lowest BCUT2D eigenvalue weighted by Crippen LogP contribution is -2.35. The van der Waals surface area contributed by atoms with E-state index in [1.165, 1.54) is 0 Å². The predicted octanol–water partition coefficient (Wildman–Crippen LogP) is 2.41. The number of nitrogens with zero attached hydrogens (tertiary/aromatic N) is 1. The Morgan fingerprint density at radius 3 is 2.94 bits per heavy atom. The molecule has 2 rings (SSSR count). The Bertz CT molecular complexity index is 335. The van der Waals surface area contributed by atoms with Crippen molar-refractivity contribution in [2.75, 3.05) is 6.61 Å². The normalized spacial score (nSPS) is 21.6. The first kappa shape index (κ1) is 11.6. The molecule has 1 aromatic heterocycles. The summed E-state index contributed by atoms with van der Waals surface area (Å²) >= 11 is 0. The molecular weight excluding hydrogens is 204 g/mol. The number of hydrogen-bond acceptors (Lipinski definition) is 4. The van der Waals surface area contributed by atoms with Gasteiger partial charge in [0.05, 0.1) is 12.7 Å². The van der Waals surface area contributed by atoms with E-state index in [4.69, 9.17) is 9.15 Å². The largest absolute Gasteiger partial charge is 0.442 e. The maximum absolute atomic E-state index is 5.66. The Morgan fingerprint density at radius 2 is 2.31 bits per heavy atom. The van der Waals surface area contributed by atoms with Gasteiger partial charge in [-0.1, -0.05) is 0 Å². The Hall–Kier alpha value is -0.870. The maximum atomic E-state index is 5.66. The fourth-order valence-electron chi connectivity index (χ4n) is 1.70. The first-order valence-corrected chi connectivity index (χ1v) is 5.86. The molecule has 0 aromatic carbocycles. The molecule has 0 spiro atoms. The molecule has 4 nitrogen and oxygen atoms in total. The minimum absolute atomic E-state index is 0.0818. The number of ether oxygens (including phenoxy) is 1. The average molecular weight is 224 g/mol. The van der Waals surface area contributed by atoms with Gasteiger partial charge in [-0.2, -0.15) is 0 Å². The van der Waals surface area contributed by atoms with Crippen LogP contribution in [-0.4, -0.2) is 17.1 Å². The summed E-state index contributed by atoms with van der Waals surface area (Å²) in [7, 11) is 0. The molecule has 1 saturated heterocycles. The molecule has 1 unspecified atom stereocenters. The van der Waals surface area contributed by atoms with Crippen molar-refractivity contribution in [3.05, 3.63) is 17.8 Å². The SMILES string of the molecule is CC(C)(C)NCc1ncc(C2CCCO2)o1. The molecule has 90 valence electrons. The van der Waals surface area contributed by atoms with Gasteiger partial charge in [-0.05, 0) is 33.6 Å². The molecular formula is C12H20N2O2. The van der Waals surface area contributed by atoms with Gasteiger partial charge in [0.15, 0.2) is 5.76 Å². The number of rotatable bonds is 3. The second-order valence-corrected chi connectivity index (χ2v) is 5.26. The third-order valence-corrected chi connectivity index (χ3v) is 2.59. The van der Waals surface area contributed by atoms with E-state index in [1.807, 2.05) is 0 Å². The van der Waals surface area contributed by atoms with Crippen LogP contribution in [0.4, 0.5) is 0 Å². The van der Waals surface area contributed by atoms with Crippen LogP contribution in [0.25, 0.3) is 0 Å². The highest BCUT2D eigenvalue weighted by atomic mass is 16.5. The van der Waals surface area contributed by atoms with Crippen molar-refractivity contribution in [1.29, 1.82) is 0 Å². The Kier molecular flexibility index (Phi) is 3.30. The summed E-state index contributed by atoms with van der Waals surface area (Å²) in [6.07, 6.45) is 4.06. The van der Waals surface area contributed by atoms with E-state index in [-0.39, 0.29) is 11.6 Å². The zero-order chi connectivity index (χ0) is 11.6. The lowest BCUT2D eigenvalue weighted by atomic mass is 10.1. The van der Waals surface area contributed by atoms with Crippen LogP contribution in [0.15, 0.2) is 10.6 Å². The minimum atomic E-state index is 0.0818. The van der Waals surface area contributed by atoms with Crippen molar-refractivity contribution < 1.29 is 9.15 Å². The zero-order valence-electron chi connectivity index (χ0n) is 10.2. The van der Waals surface area contributed by atoms with Crippen LogP contribution in [-0.2, 0) is 11.3 Å². The monoisotopic (exact) mass is 224 g/mol. The van der Waals surface area contributed by atoms with Gasteiger partial charge in [0.1, 0.15) is 6.10 Å². The van der Waals surface area contributed by atoms with E-state index in [0.717, 1.165) is 31.1 Å². The van der Waals surface area contributed by atoms with Crippen molar-refractivity contribution in [2.24, 2.45) is 0 Å². The van der Waals surface area contributed by atoms with Crippen LogP contribution in [0.3, 0.4) is 0 Å². The van der Waals surface area contributed by atoms with E-state index in [0.29, 0.717) is 6.54 Å². The van der Waals surface area contributed by atoms with Gasteiger partial charge in [0.25, 0.3) is 0 Å². The summed E-state index contributed by atoms with van der Waals surface area (Å²) in [5, 5.41) is 3.34. The lowest BCUT2D eigenvalue weighted by molar-refractivity contribution is 0.0922. The summed E-state index contributed by atoms with van der Waals surface area (Å²) in [5.74, 6) is 1.60. The fraction of sp³-hybridized carbons (Fsp3) is 0.750. The quantitative estimate of drug-likeness (QED) is 0.856. The van der Waals surface area contributed by atoms with Crippen LogP contribution in [0.2, 0.25) is 0 Å². The Labute approximate surface area is 96.4 Å². The molecule has 2 heterocycles. The number of nitrogens with one attached hydrogen (secondary N) is 1. The molecule has 0 bridgehead atoms. The molecule has 4 heteroatoms. The molecule has 0 amide bonds. The first-order chi connectivity index (χ1) is 7.54. The first-order valence-electron chi connectivity index (χ1n) is 5.86. The van der Waals surface area contributed by atoms with Crippen molar-refractivity contribution in [1.82, 2.24) is 10.3 Å². The van der Waals surface area contributed by atoms with Gasteiger partial charge in [-0.25, -0.2) is 4.98 Å². The predicted molar refractivity (Wildman–Crippen MR) is 61.0 cm³/mol. The maximum Gasteiger partial charge on any atom is 0.208 e. The molecule has 1 N–H and O–H groups in total. The number of hydrogen-bond donors (Lipinski definition) is 1. The van der Waals surface area contributed by atoms with E-state index >= 15 is 0 Å². The number of aromatic nitrogens is 1. The van der Waals surface area contributed by atoms with Crippen molar-refractivity contribution in [3.8, 4) is 0 Å². The summed E-state index contributed by atoms with van der Waals surface area (Å²) in [4.78, 5) is 4.25. The fourth-order valence-corrected chi connectivity index (χ4v) is 1.70. The van der Waals surface area contributed by atoms with E-state index in [9.17, 15) is 0 Å². The van der Waals surface area contributed by atoms with Gasteiger partial charge >= 0.3 is 0 Å². The topological polar surface area (TPSA) is 47.3 Å². The summed E-state index contributed by atoms with van der Waals surface area (Å²) in [5.41, 5.74) is 0.0818. The number of oxazole rings is 1. The second-order valence-electron chi connectivity index (χ2n) is 5.26. The molecule has 1 aliphatic heterocycles. The van der Waals surface area contributed by atoms with Crippen molar-refractivity contribution in [2.45, 2.75) is 51.8 Å². The third-order valence-electron chi connectivity index (χ3n) is 2.59. The van der Waals surface area contributed by atoms with Crippen molar-refractivity contribution in [3.63, 3.8) is 0 Å². The molecule has 0 saturated carbocycles.